The highest BCUT2D eigenvalue weighted by Crippen LogP contribution is 2.28. The van der Waals surface area contributed by atoms with Gasteiger partial charge in [0.05, 0.1) is 0 Å². The molecule has 0 spiro atoms. The third-order valence-electron chi connectivity index (χ3n) is 3.09. The second kappa shape index (κ2) is 4.66. The molecule has 1 aliphatic rings. The minimum absolute atomic E-state index is 0.238. The van der Waals surface area contributed by atoms with Crippen LogP contribution in [0.1, 0.15) is 24.5 Å². The van der Waals surface area contributed by atoms with Crippen molar-refractivity contribution in [1.82, 2.24) is 0 Å². The molecular weight excluding hydrogens is 200 g/mol. The Kier molecular flexibility index (Phi) is 3.25. The molecule has 0 atom stereocenters. The van der Waals surface area contributed by atoms with Crippen LogP contribution in [0.4, 0.5) is 5.69 Å². The minimum atomic E-state index is 0.238. The second-order valence-electron chi connectivity index (χ2n) is 4.14. The van der Waals surface area contributed by atoms with E-state index in [-0.39, 0.29) is 5.91 Å². The largest absolute Gasteiger partial charge is 0.330 e. The molecule has 86 valence electrons. The van der Waals surface area contributed by atoms with Crippen LogP contribution in [0.25, 0.3) is 0 Å². The molecule has 1 heterocycles. The molecule has 0 saturated heterocycles. The summed E-state index contributed by atoms with van der Waals surface area (Å²) in [6, 6.07) is 6.32. The van der Waals surface area contributed by atoms with E-state index in [1.807, 2.05) is 11.8 Å². The summed E-state index contributed by atoms with van der Waals surface area (Å²) in [7, 11) is 0. The lowest BCUT2D eigenvalue weighted by Gasteiger charge is -2.28. The molecule has 3 nitrogen and oxygen atoms in total. The number of anilines is 1. The molecule has 0 aromatic heterocycles. The summed E-state index contributed by atoms with van der Waals surface area (Å²) in [5.74, 6) is 0.238. The summed E-state index contributed by atoms with van der Waals surface area (Å²) in [5, 5.41) is 0. The van der Waals surface area contributed by atoms with E-state index >= 15 is 0 Å². The maximum atomic E-state index is 11.7. The van der Waals surface area contributed by atoms with Crippen molar-refractivity contribution in [3.63, 3.8) is 0 Å². The zero-order chi connectivity index (χ0) is 11.5. The van der Waals surface area contributed by atoms with Crippen LogP contribution < -0.4 is 10.6 Å². The van der Waals surface area contributed by atoms with E-state index in [1.165, 1.54) is 11.1 Å². The summed E-state index contributed by atoms with van der Waals surface area (Å²) < 4.78 is 0. The Morgan fingerprint density at radius 1 is 1.38 bits per heavy atom. The summed E-state index contributed by atoms with van der Waals surface area (Å²) in [5.41, 5.74) is 9.19. The predicted octanol–water partition coefficient (Wildman–Crippen LogP) is 1.49. The molecule has 1 aromatic rings. The first kappa shape index (κ1) is 11.1. The number of hydrogen-bond acceptors (Lipinski definition) is 2. The number of carbonyl (C=O) groups is 1. The highest BCUT2D eigenvalue weighted by Gasteiger charge is 2.22. The van der Waals surface area contributed by atoms with Crippen molar-refractivity contribution in [2.75, 3.05) is 18.0 Å². The molecule has 2 N–H and O–H groups in total. The van der Waals surface area contributed by atoms with Gasteiger partial charge in [-0.2, -0.15) is 0 Å². The summed E-state index contributed by atoms with van der Waals surface area (Å²) in [6.07, 6.45) is 2.41. The first-order chi connectivity index (χ1) is 7.76. The lowest BCUT2D eigenvalue weighted by atomic mass is 9.98. The smallest absolute Gasteiger partial charge is 0.227 e. The molecule has 0 aliphatic carbocycles. The SMILES string of the molecule is CCN1C(=O)CCc2cc(CCN)ccc21. The van der Waals surface area contributed by atoms with E-state index < -0.39 is 0 Å². The fourth-order valence-electron chi connectivity index (χ4n) is 2.28. The normalized spacial score (nSPS) is 15.1. The topological polar surface area (TPSA) is 46.3 Å². The molecule has 0 saturated carbocycles. The van der Waals surface area contributed by atoms with Gasteiger partial charge >= 0.3 is 0 Å². The monoisotopic (exact) mass is 218 g/mol. The molecule has 1 amide bonds. The van der Waals surface area contributed by atoms with E-state index in [4.69, 9.17) is 5.73 Å². The lowest BCUT2D eigenvalue weighted by molar-refractivity contribution is -0.118. The Labute approximate surface area is 96.2 Å². The van der Waals surface area contributed by atoms with Crippen molar-refractivity contribution in [2.45, 2.75) is 26.2 Å². The Hall–Kier alpha value is -1.35. The predicted molar refractivity (Wildman–Crippen MR) is 65.5 cm³/mol. The zero-order valence-corrected chi connectivity index (χ0v) is 9.70. The first-order valence-electron chi connectivity index (χ1n) is 5.88. The van der Waals surface area contributed by atoms with Gasteiger partial charge in [0.1, 0.15) is 0 Å². The van der Waals surface area contributed by atoms with Crippen LogP contribution in [0.3, 0.4) is 0 Å². The first-order valence-corrected chi connectivity index (χ1v) is 5.88. The van der Waals surface area contributed by atoms with Crippen molar-refractivity contribution in [2.24, 2.45) is 5.73 Å². The van der Waals surface area contributed by atoms with Crippen molar-refractivity contribution in [1.29, 1.82) is 0 Å². The Balaban J connectivity index is 2.34. The van der Waals surface area contributed by atoms with Gasteiger partial charge in [-0.05, 0) is 43.5 Å². The molecular formula is C13H18N2O. The van der Waals surface area contributed by atoms with E-state index in [1.54, 1.807) is 0 Å². The standard InChI is InChI=1S/C13H18N2O/c1-2-15-12-5-3-10(7-8-14)9-11(12)4-6-13(15)16/h3,5,9H,2,4,6-8,14H2,1H3. The van der Waals surface area contributed by atoms with Crippen LogP contribution in [0.15, 0.2) is 18.2 Å². The molecule has 0 bridgehead atoms. The lowest BCUT2D eigenvalue weighted by Crippen LogP contribution is -2.34. The van der Waals surface area contributed by atoms with Gasteiger partial charge in [-0.1, -0.05) is 12.1 Å². The van der Waals surface area contributed by atoms with Crippen LogP contribution in [0.2, 0.25) is 0 Å². The molecule has 0 radical (unpaired) electrons. The average molecular weight is 218 g/mol. The van der Waals surface area contributed by atoms with Crippen molar-refractivity contribution in [3.05, 3.63) is 29.3 Å². The molecule has 1 aliphatic heterocycles. The molecule has 1 aromatic carbocycles. The molecule has 0 unspecified atom stereocenters. The maximum Gasteiger partial charge on any atom is 0.227 e. The van der Waals surface area contributed by atoms with E-state index in [2.05, 4.69) is 18.2 Å². The number of carbonyl (C=O) groups excluding carboxylic acids is 1. The highest BCUT2D eigenvalue weighted by atomic mass is 16.2. The van der Waals surface area contributed by atoms with Gasteiger partial charge in [-0.25, -0.2) is 0 Å². The van der Waals surface area contributed by atoms with Gasteiger partial charge in [0, 0.05) is 18.7 Å². The van der Waals surface area contributed by atoms with Gasteiger partial charge in [-0.3, -0.25) is 4.79 Å². The number of fused-ring (bicyclic) bond motifs is 1. The molecule has 3 heteroatoms. The molecule has 0 fully saturated rings. The fourth-order valence-corrected chi connectivity index (χ4v) is 2.28. The minimum Gasteiger partial charge on any atom is -0.330 e. The number of aryl methyl sites for hydroxylation is 1. The Morgan fingerprint density at radius 3 is 2.88 bits per heavy atom. The summed E-state index contributed by atoms with van der Waals surface area (Å²) >= 11 is 0. The number of nitrogens with zero attached hydrogens (tertiary/aromatic N) is 1. The van der Waals surface area contributed by atoms with Gasteiger partial charge in [0.2, 0.25) is 5.91 Å². The average Bonchev–Trinajstić information content (AvgIpc) is 2.30. The summed E-state index contributed by atoms with van der Waals surface area (Å²) in [6.45, 7) is 3.44. The fraction of sp³-hybridized carbons (Fsp3) is 0.462. The number of nitrogens with two attached hydrogens (primary N) is 1. The summed E-state index contributed by atoms with van der Waals surface area (Å²) in [4.78, 5) is 13.6. The van der Waals surface area contributed by atoms with Crippen LogP contribution in [-0.2, 0) is 17.6 Å². The van der Waals surface area contributed by atoms with Gasteiger partial charge in [-0.15, -0.1) is 0 Å². The van der Waals surface area contributed by atoms with Crippen LogP contribution in [0.5, 0.6) is 0 Å². The van der Waals surface area contributed by atoms with E-state index in [0.29, 0.717) is 13.0 Å². The van der Waals surface area contributed by atoms with Crippen molar-refractivity contribution >= 4 is 11.6 Å². The highest BCUT2D eigenvalue weighted by molar-refractivity contribution is 5.96. The Morgan fingerprint density at radius 2 is 2.19 bits per heavy atom. The third kappa shape index (κ3) is 1.95. The van der Waals surface area contributed by atoms with Gasteiger partial charge < -0.3 is 10.6 Å². The molecule has 16 heavy (non-hydrogen) atoms. The third-order valence-corrected chi connectivity index (χ3v) is 3.09. The van der Waals surface area contributed by atoms with Crippen molar-refractivity contribution in [3.8, 4) is 0 Å². The van der Waals surface area contributed by atoms with Crippen LogP contribution in [-0.4, -0.2) is 19.0 Å². The van der Waals surface area contributed by atoms with Gasteiger partial charge in [0.15, 0.2) is 0 Å². The number of hydrogen-bond donors (Lipinski definition) is 1. The number of benzene rings is 1. The van der Waals surface area contributed by atoms with Crippen molar-refractivity contribution < 1.29 is 4.79 Å². The zero-order valence-electron chi connectivity index (χ0n) is 9.70. The van der Waals surface area contributed by atoms with Crippen LogP contribution in [0, 0.1) is 0 Å². The maximum absolute atomic E-state index is 11.7. The second-order valence-corrected chi connectivity index (χ2v) is 4.14. The number of rotatable bonds is 3. The molecule has 2 rings (SSSR count). The van der Waals surface area contributed by atoms with E-state index in [0.717, 1.165) is 25.1 Å². The van der Waals surface area contributed by atoms with Crippen LogP contribution >= 0.6 is 0 Å². The Bertz CT molecular complexity index is 401. The van der Waals surface area contributed by atoms with E-state index in [9.17, 15) is 4.79 Å². The number of amides is 1. The van der Waals surface area contributed by atoms with Gasteiger partial charge in [0.25, 0.3) is 0 Å². The quantitative estimate of drug-likeness (QED) is 0.835.